The first-order chi connectivity index (χ1) is 6.21. The Hall–Kier alpha value is -0.970. The third-order valence-electron chi connectivity index (χ3n) is 1.70. The van der Waals surface area contributed by atoms with Crippen LogP contribution in [0, 0.1) is 4.78 Å². The predicted octanol–water partition coefficient (Wildman–Crippen LogP) is 1.81. The highest BCUT2D eigenvalue weighted by atomic mass is 32.2. The molecule has 0 radical (unpaired) electrons. The van der Waals surface area contributed by atoms with Crippen molar-refractivity contribution in [1.82, 2.24) is 9.97 Å². The molecule has 0 unspecified atom stereocenters. The molecule has 0 aliphatic heterocycles. The number of nitrogens with zero attached hydrogens (tertiary/aromatic N) is 2. The number of hydrogen-bond acceptors (Lipinski definition) is 4. The summed E-state index contributed by atoms with van der Waals surface area (Å²) in [4.78, 5) is 8.25. The second-order valence-corrected chi connectivity index (χ2v) is 6.42. The van der Waals surface area contributed by atoms with Gasteiger partial charge >= 0.3 is 0 Å². The van der Waals surface area contributed by atoms with Crippen molar-refractivity contribution in [3.8, 4) is 0 Å². The SMILES string of the molecule is CC(C)(C)c1nccc([S@](C)(=N)=O)n1. The van der Waals surface area contributed by atoms with Crippen molar-refractivity contribution in [2.45, 2.75) is 31.2 Å². The summed E-state index contributed by atoms with van der Waals surface area (Å²) in [7, 11) is -2.74. The van der Waals surface area contributed by atoms with E-state index in [0.717, 1.165) is 0 Å². The van der Waals surface area contributed by atoms with Crippen molar-refractivity contribution in [2.24, 2.45) is 0 Å². The van der Waals surface area contributed by atoms with Gasteiger partial charge in [-0.15, -0.1) is 0 Å². The molecule has 1 N–H and O–H groups in total. The van der Waals surface area contributed by atoms with Gasteiger partial charge in [0.1, 0.15) is 10.9 Å². The maximum absolute atomic E-state index is 11.4. The Balaban J connectivity index is 3.29. The number of hydrogen-bond donors (Lipinski definition) is 1. The van der Waals surface area contributed by atoms with Crippen molar-refractivity contribution in [3.05, 3.63) is 18.1 Å². The summed E-state index contributed by atoms with van der Waals surface area (Å²) >= 11 is 0. The number of nitrogens with one attached hydrogen (secondary N) is 1. The van der Waals surface area contributed by atoms with Crippen LogP contribution in [0.2, 0.25) is 0 Å². The lowest BCUT2D eigenvalue weighted by molar-refractivity contribution is 0.537. The molecule has 78 valence electrons. The van der Waals surface area contributed by atoms with E-state index in [9.17, 15) is 4.21 Å². The summed E-state index contributed by atoms with van der Waals surface area (Å²) in [5.74, 6) is 0.622. The van der Waals surface area contributed by atoms with E-state index in [4.69, 9.17) is 4.78 Å². The van der Waals surface area contributed by atoms with E-state index in [1.54, 1.807) is 6.20 Å². The van der Waals surface area contributed by atoms with E-state index in [2.05, 4.69) is 9.97 Å². The molecule has 1 atom stereocenters. The lowest BCUT2D eigenvalue weighted by Crippen LogP contribution is -2.17. The topological polar surface area (TPSA) is 66.7 Å². The van der Waals surface area contributed by atoms with Gasteiger partial charge in [-0.1, -0.05) is 20.8 Å². The van der Waals surface area contributed by atoms with Gasteiger partial charge in [0.15, 0.2) is 0 Å². The van der Waals surface area contributed by atoms with Gasteiger partial charge in [0.05, 0.1) is 9.73 Å². The minimum absolute atomic E-state index is 0.180. The van der Waals surface area contributed by atoms with Crippen LogP contribution in [0.1, 0.15) is 26.6 Å². The van der Waals surface area contributed by atoms with Crippen LogP contribution in [-0.4, -0.2) is 20.4 Å². The van der Waals surface area contributed by atoms with E-state index in [1.165, 1.54) is 12.3 Å². The van der Waals surface area contributed by atoms with Gasteiger partial charge in [-0.2, -0.15) is 0 Å². The molecule has 0 aromatic carbocycles. The Morgan fingerprint density at radius 1 is 1.43 bits per heavy atom. The van der Waals surface area contributed by atoms with Gasteiger partial charge < -0.3 is 0 Å². The normalized spacial score (nSPS) is 16.3. The number of rotatable bonds is 1. The van der Waals surface area contributed by atoms with Crippen molar-refractivity contribution in [3.63, 3.8) is 0 Å². The van der Waals surface area contributed by atoms with E-state index in [-0.39, 0.29) is 5.41 Å². The fourth-order valence-corrected chi connectivity index (χ4v) is 1.50. The molecule has 0 amide bonds. The first kappa shape index (κ1) is 11.1. The molecule has 5 heteroatoms. The molecule has 1 rings (SSSR count). The molecule has 0 bridgehead atoms. The molecule has 1 aromatic rings. The third kappa shape index (κ3) is 2.51. The summed E-state index contributed by atoms with van der Waals surface area (Å²) in [6.45, 7) is 5.94. The second kappa shape index (κ2) is 3.31. The Morgan fingerprint density at radius 3 is 2.43 bits per heavy atom. The van der Waals surface area contributed by atoms with Crippen LogP contribution in [0.4, 0.5) is 0 Å². The minimum Gasteiger partial charge on any atom is -0.248 e. The summed E-state index contributed by atoms with van der Waals surface area (Å²) in [5.41, 5.74) is -0.180. The first-order valence-corrected chi connectivity index (χ1v) is 6.25. The van der Waals surface area contributed by atoms with Crippen LogP contribution < -0.4 is 0 Å². The van der Waals surface area contributed by atoms with E-state index < -0.39 is 9.73 Å². The maximum Gasteiger partial charge on any atom is 0.139 e. The molecule has 0 saturated carbocycles. The van der Waals surface area contributed by atoms with Crippen LogP contribution in [0.3, 0.4) is 0 Å². The summed E-state index contributed by atoms with van der Waals surface area (Å²) in [6, 6.07) is 1.53. The number of aromatic nitrogens is 2. The minimum atomic E-state index is -2.74. The predicted molar refractivity (Wildman–Crippen MR) is 55.8 cm³/mol. The average molecular weight is 213 g/mol. The lowest BCUT2D eigenvalue weighted by atomic mass is 9.96. The molecule has 0 fully saturated rings. The van der Waals surface area contributed by atoms with Gasteiger partial charge in [-0.3, -0.25) is 0 Å². The molecule has 0 spiro atoms. The van der Waals surface area contributed by atoms with Gasteiger partial charge in [-0.05, 0) is 6.07 Å². The highest BCUT2D eigenvalue weighted by Gasteiger charge is 2.18. The summed E-state index contributed by atoms with van der Waals surface area (Å²) < 4.78 is 18.9. The van der Waals surface area contributed by atoms with Crippen molar-refractivity contribution in [1.29, 1.82) is 4.78 Å². The standard InChI is InChI=1S/C9H15N3OS/c1-9(2,3)8-11-6-5-7(12-8)14(4,10)13/h5-6,10H,1-4H3/t14-/m1/s1. The monoisotopic (exact) mass is 213 g/mol. The Morgan fingerprint density at radius 2 is 2.00 bits per heavy atom. The first-order valence-electron chi connectivity index (χ1n) is 4.28. The average Bonchev–Trinajstić information content (AvgIpc) is 2.01. The van der Waals surface area contributed by atoms with Crippen molar-refractivity contribution in [2.75, 3.05) is 6.26 Å². The zero-order chi connectivity index (χ0) is 11.0. The Bertz CT molecular complexity index is 432. The molecular formula is C9H15N3OS. The molecule has 4 nitrogen and oxygen atoms in total. The van der Waals surface area contributed by atoms with Crippen molar-refractivity contribution < 1.29 is 4.21 Å². The molecule has 0 aliphatic rings. The lowest BCUT2D eigenvalue weighted by Gasteiger charge is -2.16. The second-order valence-electron chi connectivity index (χ2n) is 4.31. The van der Waals surface area contributed by atoms with Gasteiger partial charge in [0, 0.05) is 17.9 Å². The quantitative estimate of drug-likeness (QED) is 0.723. The Labute approximate surface area is 84.8 Å². The van der Waals surface area contributed by atoms with E-state index in [0.29, 0.717) is 10.9 Å². The highest BCUT2D eigenvalue weighted by Crippen LogP contribution is 2.18. The largest absolute Gasteiger partial charge is 0.248 e. The Kier molecular flexibility index (Phi) is 2.63. The van der Waals surface area contributed by atoms with Crippen LogP contribution in [0.15, 0.2) is 17.3 Å². The summed E-state index contributed by atoms with van der Waals surface area (Å²) in [6.07, 6.45) is 2.92. The zero-order valence-corrected chi connectivity index (χ0v) is 9.68. The zero-order valence-electron chi connectivity index (χ0n) is 8.87. The summed E-state index contributed by atoms with van der Waals surface area (Å²) in [5, 5.41) is 0.303. The molecule has 1 heterocycles. The smallest absolute Gasteiger partial charge is 0.139 e. The fourth-order valence-electron chi connectivity index (χ4n) is 0.920. The fraction of sp³-hybridized carbons (Fsp3) is 0.556. The molecule has 0 aliphatic carbocycles. The van der Waals surface area contributed by atoms with Crippen LogP contribution >= 0.6 is 0 Å². The third-order valence-corrected chi connectivity index (χ3v) is 2.73. The van der Waals surface area contributed by atoms with Crippen LogP contribution in [0.25, 0.3) is 0 Å². The molecule has 1 aromatic heterocycles. The van der Waals surface area contributed by atoms with Crippen molar-refractivity contribution >= 4 is 9.73 Å². The molecule has 0 saturated heterocycles. The molecule has 14 heavy (non-hydrogen) atoms. The van der Waals surface area contributed by atoms with Gasteiger partial charge in [0.2, 0.25) is 0 Å². The van der Waals surface area contributed by atoms with Crippen LogP contribution in [0.5, 0.6) is 0 Å². The van der Waals surface area contributed by atoms with E-state index in [1.807, 2.05) is 20.8 Å². The highest BCUT2D eigenvalue weighted by molar-refractivity contribution is 7.91. The van der Waals surface area contributed by atoms with Gasteiger partial charge in [0.25, 0.3) is 0 Å². The van der Waals surface area contributed by atoms with Gasteiger partial charge in [-0.25, -0.2) is 19.0 Å². The van der Waals surface area contributed by atoms with Crippen LogP contribution in [-0.2, 0) is 15.1 Å². The molecular weight excluding hydrogens is 198 g/mol. The maximum atomic E-state index is 11.4. The van der Waals surface area contributed by atoms with E-state index >= 15 is 0 Å².